The summed E-state index contributed by atoms with van der Waals surface area (Å²) in [5.41, 5.74) is 2.61. The Hall–Kier alpha value is -2.53. The Bertz CT molecular complexity index is 796. The van der Waals surface area contributed by atoms with Crippen molar-refractivity contribution in [2.24, 2.45) is 5.92 Å². The summed E-state index contributed by atoms with van der Waals surface area (Å²) < 4.78 is 0. The largest absolute Gasteiger partial charge is 0.393 e. The third kappa shape index (κ3) is 5.23. The first kappa shape index (κ1) is 19.2. The summed E-state index contributed by atoms with van der Waals surface area (Å²) in [5.74, 6) is 0.0492. The van der Waals surface area contributed by atoms with E-state index >= 15 is 0 Å². The second kappa shape index (κ2) is 8.91. The van der Waals surface area contributed by atoms with Gasteiger partial charge in [-0.25, -0.2) is 4.98 Å². The lowest BCUT2D eigenvalue weighted by Gasteiger charge is -2.24. The van der Waals surface area contributed by atoms with Crippen molar-refractivity contribution < 1.29 is 14.7 Å². The van der Waals surface area contributed by atoms with Gasteiger partial charge in [0.2, 0.25) is 0 Å². The van der Waals surface area contributed by atoms with Crippen LogP contribution in [0.1, 0.15) is 64.2 Å². The maximum absolute atomic E-state index is 12.8. The third-order valence-electron chi connectivity index (χ3n) is 5.18. The van der Waals surface area contributed by atoms with Gasteiger partial charge in [-0.3, -0.25) is 9.59 Å². The summed E-state index contributed by atoms with van der Waals surface area (Å²) in [4.78, 5) is 29.4. The summed E-state index contributed by atoms with van der Waals surface area (Å²) >= 11 is 0. The number of pyridine rings is 1. The molecule has 1 amide bonds. The Morgan fingerprint density at radius 3 is 2.48 bits per heavy atom. The number of nitrogens with zero attached hydrogens (tertiary/aromatic N) is 1. The predicted molar refractivity (Wildman–Crippen MR) is 104 cm³/mol. The number of hydrogen-bond acceptors (Lipinski definition) is 4. The number of amides is 1. The predicted octanol–water partition coefficient (Wildman–Crippen LogP) is 3.16. The maximum Gasteiger partial charge on any atom is 0.269 e. The molecule has 1 aliphatic carbocycles. The quantitative estimate of drug-likeness (QED) is 0.770. The van der Waals surface area contributed by atoms with E-state index in [1.807, 2.05) is 30.3 Å². The molecule has 0 bridgehead atoms. The number of ketones is 1. The molecular weight excluding hydrogens is 340 g/mol. The lowest BCUT2D eigenvalue weighted by molar-refractivity contribution is 0.0859. The Labute approximate surface area is 159 Å². The van der Waals surface area contributed by atoms with Gasteiger partial charge in [0.1, 0.15) is 5.69 Å². The molecule has 1 aromatic heterocycles. The molecule has 27 heavy (non-hydrogen) atoms. The first-order valence-corrected chi connectivity index (χ1v) is 9.53. The SMILES string of the molecule is CNC(=O)c1cc(C(=O)CC2CCC(O)CC2)cc(Cc2ccccc2)n1. The summed E-state index contributed by atoms with van der Waals surface area (Å²) in [7, 11) is 1.56. The number of aliphatic hydroxyl groups excluding tert-OH is 1. The number of hydrogen-bond donors (Lipinski definition) is 2. The molecule has 0 spiro atoms. The minimum Gasteiger partial charge on any atom is -0.393 e. The van der Waals surface area contributed by atoms with Gasteiger partial charge in [0, 0.05) is 31.1 Å². The smallest absolute Gasteiger partial charge is 0.269 e. The minimum atomic E-state index is -0.292. The van der Waals surface area contributed by atoms with E-state index in [9.17, 15) is 14.7 Å². The molecule has 0 aliphatic heterocycles. The molecule has 5 nitrogen and oxygen atoms in total. The second-order valence-corrected chi connectivity index (χ2v) is 7.28. The standard InChI is InChI=1S/C22H26N2O3/c1-23-22(27)20-14-17(21(26)12-16-7-9-19(25)10-8-16)13-18(24-20)11-15-5-3-2-4-6-15/h2-6,13-14,16,19,25H,7-12H2,1H3,(H,23,27). The van der Waals surface area contributed by atoms with Crippen LogP contribution in [-0.4, -0.2) is 34.9 Å². The van der Waals surface area contributed by atoms with Crippen molar-refractivity contribution in [1.82, 2.24) is 10.3 Å². The van der Waals surface area contributed by atoms with E-state index < -0.39 is 0 Å². The second-order valence-electron chi connectivity index (χ2n) is 7.28. The highest BCUT2D eigenvalue weighted by atomic mass is 16.3. The van der Waals surface area contributed by atoms with Crippen molar-refractivity contribution >= 4 is 11.7 Å². The molecule has 0 radical (unpaired) electrons. The van der Waals surface area contributed by atoms with Crippen LogP contribution >= 0.6 is 0 Å². The van der Waals surface area contributed by atoms with E-state index in [0.29, 0.717) is 30.0 Å². The van der Waals surface area contributed by atoms with Gasteiger partial charge < -0.3 is 10.4 Å². The van der Waals surface area contributed by atoms with E-state index in [1.54, 1.807) is 19.2 Å². The molecule has 1 heterocycles. The molecule has 1 saturated carbocycles. The molecule has 0 saturated heterocycles. The van der Waals surface area contributed by atoms with E-state index in [2.05, 4.69) is 10.3 Å². The number of carbonyl (C=O) groups is 2. The molecule has 1 fully saturated rings. The van der Waals surface area contributed by atoms with Crippen molar-refractivity contribution in [3.63, 3.8) is 0 Å². The van der Waals surface area contributed by atoms with E-state index in [1.165, 1.54) is 0 Å². The average Bonchev–Trinajstić information content (AvgIpc) is 2.69. The summed E-state index contributed by atoms with van der Waals surface area (Å²) in [6.45, 7) is 0. The number of aliphatic hydroxyl groups is 1. The number of benzene rings is 1. The molecule has 2 aromatic rings. The lowest BCUT2D eigenvalue weighted by Crippen LogP contribution is -2.22. The number of Topliss-reactive ketones (excluding diaryl/α,β-unsaturated/α-hetero) is 1. The topological polar surface area (TPSA) is 79.3 Å². The van der Waals surface area contributed by atoms with Crippen molar-refractivity contribution in [3.05, 3.63) is 65.0 Å². The molecule has 3 rings (SSSR count). The van der Waals surface area contributed by atoms with Crippen molar-refractivity contribution in [3.8, 4) is 0 Å². The zero-order valence-corrected chi connectivity index (χ0v) is 15.6. The number of rotatable bonds is 6. The first-order valence-electron chi connectivity index (χ1n) is 9.53. The zero-order chi connectivity index (χ0) is 19.2. The minimum absolute atomic E-state index is 0.0401. The normalized spacial score (nSPS) is 19.5. The molecule has 5 heteroatoms. The Morgan fingerprint density at radius 1 is 1.11 bits per heavy atom. The number of nitrogens with one attached hydrogen (secondary N) is 1. The molecule has 1 aliphatic rings. The highest BCUT2D eigenvalue weighted by Gasteiger charge is 2.23. The molecule has 0 atom stereocenters. The van der Waals surface area contributed by atoms with Crippen LogP contribution in [0, 0.1) is 5.92 Å². The van der Waals surface area contributed by atoms with Gasteiger partial charge in [0.25, 0.3) is 5.91 Å². The van der Waals surface area contributed by atoms with Crippen LogP contribution in [-0.2, 0) is 6.42 Å². The van der Waals surface area contributed by atoms with E-state index in [-0.39, 0.29) is 23.5 Å². The Kier molecular flexibility index (Phi) is 6.35. The highest BCUT2D eigenvalue weighted by Crippen LogP contribution is 2.28. The van der Waals surface area contributed by atoms with Gasteiger partial charge in [-0.1, -0.05) is 30.3 Å². The van der Waals surface area contributed by atoms with Gasteiger partial charge in [-0.05, 0) is 49.3 Å². The van der Waals surface area contributed by atoms with Crippen molar-refractivity contribution in [2.75, 3.05) is 7.05 Å². The Balaban J connectivity index is 1.81. The zero-order valence-electron chi connectivity index (χ0n) is 15.6. The van der Waals surface area contributed by atoms with Gasteiger partial charge >= 0.3 is 0 Å². The van der Waals surface area contributed by atoms with Gasteiger partial charge in [0.15, 0.2) is 5.78 Å². The fraction of sp³-hybridized carbons (Fsp3) is 0.409. The van der Waals surface area contributed by atoms with Crippen molar-refractivity contribution in [2.45, 2.75) is 44.6 Å². The molecule has 1 aromatic carbocycles. The van der Waals surface area contributed by atoms with E-state index in [0.717, 1.165) is 31.2 Å². The summed E-state index contributed by atoms with van der Waals surface area (Å²) in [5, 5.41) is 12.2. The van der Waals surface area contributed by atoms with Crippen LogP contribution in [0.25, 0.3) is 0 Å². The van der Waals surface area contributed by atoms with E-state index in [4.69, 9.17) is 0 Å². The van der Waals surface area contributed by atoms with Gasteiger partial charge in [0.05, 0.1) is 6.10 Å². The lowest BCUT2D eigenvalue weighted by atomic mass is 9.83. The van der Waals surface area contributed by atoms with Crippen LogP contribution in [0.4, 0.5) is 0 Å². The van der Waals surface area contributed by atoms with Gasteiger partial charge in [-0.15, -0.1) is 0 Å². The summed E-state index contributed by atoms with van der Waals surface area (Å²) in [6.07, 6.45) is 4.06. The first-order chi connectivity index (χ1) is 13.0. The molecule has 0 unspecified atom stereocenters. The third-order valence-corrected chi connectivity index (χ3v) is 5.18. The fourth-order valence-corrected chi connectivity index (χ4v) is 3.62. The number of carbonyl (C=O) groups excluding carboxylic acids is 2. The van der Waals surface area contributed by atoms with Crippen molar-refractivity contribution in [1.29, 1.82) is 0 Å². The average molecular weight is 366 g/mol. The maximum atomic E-state index is 12.8. The number of aromatic nitrogens is 1. The van der Waals surface area contributed by atoms with Gasteiger partial charge in [-0.2, -0.15) is 0 Å². The molecule has 142 valence electrons. The summed E-state index contributed by atoms with van der Waals surface area (Å²) in [6, 6.07) is 13.3. The molecular formula is C22H26N2O3. The Morgan fingerprint density at radius 2 is 1.81 bits per heavy atom. The fourth-order valence-electron chi connectivity index (χ4n) is 3.62. The van der Waals surface area contributed by atoms with Crippen LogP contribution in [0.2, 0.25) is 0 Å². The van der Waals surface area contributed by atoms with Crippen LogP contribution in [0.5, 0.6) is 0 Å². The van der Waals surface area contributed by atoms with Crippen LogP contribution in [0.3, 0.4) is 0 Å². The van der Waals surface area contributed by atoms with Crippen LogP contribution in [0.15, 0.2) is 42.5 Å². The van der Waals surface area contributed by atoms with Crippen LogP contribution < -0.4 is 5.32 Å². The molecule has 2 N–H and O–H groups in total. The highest BCUT2D eigenvalue weighted by molar-refractivity contribution is 5.99. The monoisotopic (exact) mass is 366 g/mol.